The number of aliphatic hydroxyl groups excluding tert-OH is 1. The summed E-state index contributed by atoms with van der Waals surface area (Å²) in [5.74, 6) is 1.36. The summed E-state index contributed by atoms with van der Waals surface area (Å²) in [4.78, 5) is 8.09. The van der Waals surface area contributed by atoms with Gasteiger partial charge in [-0.25, -0.2) is 0 Å². The van der Waals surface area contributed by atoms with Crippen LogP contribution in [0.25, 0.3) is 0 Å². The summed E-state index contributed by atoms with van der Waals surface area (Å²) in [7, 11) is 2.04. The molecular formula is C16H29ClIN3OS. The van der Waals surface area contributed by atoms with Crippen LogP contribution in [0.2, 0.25) is 4.34 Å². The quantitative estimate of drug-likeness (QED) is 0.321. The van der Waals surface area contributed by atoms with E-state index in [1.807, 2.05) is 13.1 Å². The molecule has 0 amide bonds. The van der Waals surface area contributed by atoms with Crippen molar-refractivity contribution in [2.45, 2.75) is 39.7 Å². The van der Waals surface area contributed by atoms with Gasteiger partial charge in [0.05, 0.1) is 10.9 Å². The Hall–Kier alpha value is -0.0500. The number of nitrogens with zero attached hydrogens (tertiary/aromatic N) is 2. The average molecular weight is 474 g/mol. The van der Waals surface area contributed by atoms with Crippen LogP contribution in [0.3, 0.4) is 0 Å². The van der Waals surface area contributed by atoms with Crippen LogP contribution in [0.4, 0.5) is 0 Å². The molecule has 1 unspecified atom stereocenters. The van der Waals surface area contributed by atoms with Gasteiger partial charge in [-0.3, -0.25) is 4.99 Å². The van der Waals surface area contributed by atoms with Gasteiger partial charge in [0.1, 0.15) is 0 Å². The van der Waals surface area contributed by atoms with Gasteiger partial charge in [0.25, 0.3) is 0 Å². The Bertz CT molecular complexity index is 450. The molecule has 1 heterocycles. The molecule has 134 valence electrons. The fraction of sp³-hybridized carbons (Fsp3) is 0.688. The SMILES string of the molecule is CCCC(CCO)CN=C(NCC)N(C)Cc1ccc(Cl)s1.I. The number of guanidine groups is 1. The molecule has 0 radical (unpaired) electrons. The Balaban J connectivity index is 0.00000484. The maximum atomic E-state index is 9.15. The second-order valence-corrected chi connectivity index (χ2v) is 7.22. The monoisotopic (exact) mass is 473 g/mol. The first kappa shape index (κ1) is 22.9. The zero-order valence-electron chi connectivity index (χ0n) is 14.2. The maximum Gasteiger partial charge on any atom is 0.193 e. The number of aliphatic imine (C=N–C) groups is 1. The molecule has 0 aliphatic rings. The predicted molar refractivity (Wildman–Crippen MR) is 112 cm³/mol. The standard InChI is InChI=1S/C16H28ClN3OS.HI/c1-4-6-13(9-10-21)11-19-16(18-5-2)20(3)12-14-7-8-15(17)22-14;/h7-8,13,21H,4-6,9-12H2,1-3H3,(H,18,19);1H. The van der Waals surface area contributed by atoms with Crippen molar-refractivity contribution in [2.75, 3.05) is 26.7 Å². The lowest BCUT2D eigenvalue weighted by Gasteiger charge is -2.22. The molecule has 4 nitrogen and oxygen atoms in total. The summed E-state index contributed by atoms with van der Waals surface area (Å²) in [5.41, 5.74) is 0. The Morgan fingerprint density at radius 3 is 2.65 bits per heavy atom. The van der Waals surface area contributed by atoms with Crippen molar-refractivity contribution in [3.05, 3.63) is 21.3 Å². The minimum atomic E-state index is 0. The van der Waals surface area contributed by atoms with Gasteiger partial charge in [0, 0.05) is 31.6 Å². The first-order valence-electron chi connectivity index (χ1n) is 7.95. The zero-order chi connectivity index (χ0) is 16.4. The number of hydrogen-bond acceptors (Lipinski definition) is 3. The second kappa shape index (κ2) is 13.3. The van der Waals surface area contributed by atoms with Crippen LogP contribution in [0.1, 0.15) is 38.0 Å². The molecule has 2 N–H and O–H groups in total. The molecule has 23 heavy (non-hydrogen) atoms. The Morgan fingerprint density at radius 2 is 2.13 bits per heavy atom. The fourth-order valence-corrected chi connectivity index (χ4v) is 3.49. The van der Waals surface area contributed by atoms with Crippen LogP contribution in [-0.4, -0.2) is 42.7 Å². The molecule has 0 saturated heterocycles. The summed E-state index contributed by atoms with van der Waals surface area (Å²) < 4.78 is 0.816. The minimum absolute atomic E-state index is 0. The number of aliphatic hydroxyl groups is 1. The van der Waals surface area contributed by atoms with Crippen molar-refractivity contribution >= 4 is 52.9 Å². The van der Waals surface area contributed by atoms with E-state index < -0.39 is 0 Å². The van der Waals surface area contributed by atoms with Gasteiger partial charge in [0.2, 0.25) is 0 Å². The summed E-state index contributed by atoms with van der Waals surface area (Å²) in [6.45, 7) is 6.87. The van der Waals surface area contributed by atoms with E-state index in [2.05, 4.69) is 30.1 Å². The van der Waals surface area contributed by atoms with Gasteiger partial charge in [-0.1, -0.05) is 24.9 Å². The third-order valence-corrected chi connectivity index (χ3v) is 4.67. The van der Waals surface area contributed by atoms with E-state index in [9.17, 15) is 0 Å². The molecule has 1 atom stereocenters. The lowest BCUT2D eigenvalue weighted by Crippen LogP contribution is -2.38. The molecule has 0 aliphatic carbocycles. The van der Waals surface area contributed by atoms with Gasteiger partial charge in [-0.15, -0.1) is 35.3 Å². The van der Waals surface area contributed by atoms with E-state index in [0.717, 1.165) is 49.2 Å². The topological polar surface area (TPSA) is 47.9 Å². The van der Waals surface area contributed by atoms with E-state index in [0.29, 0.717) is 5.92 Å². The molecule has 0 fully saturated rings. The third-order valence-electron chi connectivity index (χ3n) is 3.45. The van der Waals surface area contributed by atoms with Crippen LogP contribution in [0.5, 0.6) is 0 Å². The van der Waals surface area contributed by atoms with Crippen LogP contribution >= 0.6 is 46.9 Å². The third kappa shape index (κ3) is 9.12. The van der Waals surface area contributed by atoms with Crippen molar-refractivity contribution in [2.24, 2.45) is 10.9 Å². The molecule has 1 rings (SSSR count). The van der Waals surface area contributed by atoms with Gasteiger partial charge in [-0.05, 0) is 37.8 Å². The minimum Gasteiger partial charge on any atom is -0.396 e. The zero-order valence-corrected chi connectivity index (χ0v) is 18.1. The highest BCUT2D eigenvalue weighted by Crippen LogP contribution is 2.22. The smallest absolute Gasteiger partial charge is 0.193 e. The Kier molecular flexibility index (Phi) is 13.2. The van der Waals surface area contributed by atoms with Crippen LogP contribution in [0.15, 0.2) is 17.1 Å². The normalized spacial score (nSPS) is 12.7. The summed E-state index contributed by atoms with van der Waals surface area (Å²) >= 11 is 7.59. The summed E-state index contributed by atoms with van der Waals surface area (Å²) in [6, 6.07) is 3.98. The van der Waals surface area contributed by atoms with Crippen LogP contribution in [-0.2, 0) is 6.54 Å². The van der Waals surface area contributed by atoms with E-state index >= 15 is 0 Å². The predicted octanol–water partition coefficient (Wildman–Crippen LogP) is 4.22. The van der Waals surface area contributed by atoms with E-state index in [4.69, 9.17) is 21.7 Å². The number of hydrogen-bond donors (Lipinski definition) is 2. The molecule has 0 saturated carbocycles. The number of rotatable bonds is 9. The van der Waals surface area contributed by atoms with Crippen LogP contribution in [0, 0.1) is 5.92 Å². The Labute approximate surface area is 166 Å². The lowest BCUT2D eigenvalue weighted by molar-refractivity contribution is 0.253. The van der Waals surface area contributed by atoms with Gasteiger partial charge in [-0.2, -0.15) is 0 Å². The highest BCUT2D eigenvalue weighted by Gasteiger charge is 2.11. The maximum absolute atomic E-state index is 9.15. The summed E-state index contributed by atoms with van der Waals surface area (Å²) in [5, 5.41) is 12.5. The number of thiophene rings is 1. The first-order valence-corrected chi connectivity index (χ1v) is 9.14. The van der Waals surface area contributed by atoms with Gasteiger partial charge >= 0.3 is 0 Å². The lowest BCUT2D eigenvalue weighted by atomic mass is 10.0. The van der Waals surface area contributed by atoms with E-state index in [1.54, 1.807) is 11.3 Å². The van der Waals surface area contributed by atoms with Crippen molar-refractivity contribution in [3.63, 3.8) is 0 Å². The average Bonchev–Trinajstić information content (AvgIpc) is 2.88. The molecule has 7 heteroatoms. The second-order valence-electron chi connectivity index (χ2n) is 5.42. The molecular weight excluding hydrogens is 445 g/mol. The molecule has 0 aromatic carbocycles. The molecule has 0 spiro atoms. The van der Waals surface area contributed by atoms with Crippen LogP contribution < -0.4 is 5.32 Å². The highest BCUT2D eigenvalue weighted by atomic mass is 127. The molecule has 0 aliphatic heterocycles. The van der Waals surface area contributed by atoms with Crippen molar-refractivity contribution < 1.29 is 5.11 Å². The molecule has 0 bridgehead atoms. The number of halogens is 2. The van der Waals surface area contributed by atoms with Gasteiger partial charge in [0.15, 0.2) is 5.96 Å². The number of nitrogens with one attached hydrogen (secondary N) is 1. The Morgan fingerprint density at radius 1 is 1.39 bits per heavy atom. The molecule has 1 aromatic heterocycles. The first-order chi connectivity index (χ1) is 10.6. The van der Waals surface area contributed by atoms with Crippen molar-refractivity contribution in [1.29, 1.82) is 0 Å². The summed E-state index contributed by atoms with van der Waals surface area (Å²) in [6.07, 6.45) is 3.05. The highest BCUT2D eigenvalue weighted by molar-refractivity contribution is 14.0. The largest absolute Gasteiger partial charge is 0.396 e. The van der Waals surface area contributed by atoms with Crippen molar-refractivity contribution in [3.8, 4) is 0 Å². The van der Waals surface area contributed by atoms with E-state index in [-0.39, 0.29) is 30.6 Å². The fourth-order valence-electron chi connectivity index (χ4n) is 2.35. The van der Waals surface area contributed by atoms with Gasteiger partial charge < -0.3 is 15.3 Å². The van der Waals surface area contributed by atoms with E-state index in [1.165, 1.54) is 4.88 Å². The molecule has 1 aromatic rings. The van der Waals surface area contributed by atoms with Crippen molar-refractivity contribution in [1.82, 2.24) is 10.2 Å².